The predicted octanol–water partition coefficient (Wildman–Crippen LogP) is 6.98. The molecule has 0 unspecified atom stereocenters. The average molecular weight is 452 g/mol. The van der Waals surface area contributed by atoms with Gasteiger partial charge in [-0.2, -0.15) is 12.1 Å². The third-order valence-electron chi connectivity index (χ3n) is 4.47. The molecule has 0 saturated carbocycles. The van der Waals surface area contributed by atoms with E-state index < -0.39 is 0 Å². The van der Waals surface area contributed by atoms with E-state index in [9.17, 15) is 0 Å². The Morgan fingerprint density at radius 2 is 1.41 bits per heavy atom. The summed E-state index contributed by atoms with van der Waals surface area (Å²) in [5.41, 5.74) is 4.01. The fourth-order valence-electron chi connectivity index (χ4n) is 3.02. The van der Waals surface area contributed by atoms with Gasteiger partial charge in [-0.1, -0.05) is 13.0 Å². The second-order valence-corrected chi connectivity index (χ2v) is 8.00. The van der Waals surface area contributed by atoms with Gasteiger partial charge in [0.05, 0.1) is 0 Å². The first-order valence-electron chi connectivity index (χ1n) is 9.77. The normalized spacial score (nSPS) is 11.4. The zero-order chi connectivity index (χ0) is 20.3. The topological polar surface area (TPSA) is 0 Å². The molecule has 0 aromatic heterocycles. The Morgan fingerprint density at radius 3 is 1.90 bits per heavy atom. The molecule has 1 aliphatic carbocycles. The molecule has 1 aliphatic rings. The molecule has 0 saturated heterocycles. The van der Waals surface area contributed by atoms with E-state index in [0.717, 1.165) is 6.42 Å². The Hall–Kier alpha value is -2.50. The fraction of sp³-hybridized carbons (Fsp3) is 0.0714. The summed E-state index contributed by atoms with van der Waals surface area (Å²) < 4.78 is 1.42. The van der Waals surface area contributed by atoms with Gasteiger partial charge in [0.25, 0.3) is 0 Å². The number of aryl methyl sites for hydroxylation is 1. The van der Waals surface area contributed by atoms with Crippen LogP contribution in [-0.2, 0) is 24.2 Å². The molecule has 0 nitrogen and oxygen atoms in total. The minimum absolute atomic E-state index is 1.01. The van der Waals surface area contributed by atoms with Crippen molar-refractivity contribution in [2.45, 2.75) is 13.3 Å². The standard InChI is InChI=1S/C13H10.C10H9.C5H5.Zr/c1-3-7-12(8-4-1)11-13-9-5-2-6-10-13;1-8-6-9-4-2-3-5-10(9)7-8;1-2-4-5-3-1;/h1-10H;2-7H,1H3;1-3H,4H2;/q;2*-1;+2. The summed E-state index contributed by atoms with van der Waals surface area (Å²) >= 11 is 1.46. The maximum atomic E-state index is 2.99. The van der Waals surface area contributed by atoms with Crippen LogP contribution in [0.5, 0.6) is 0 Å². The van der Waals surface area contributed by atoms with Gasteiger partial charge in [0, 0.05) is 0 Å². The summed E-state index contributed by atoms with van der Waals surface area (Å²) in [6.45, 7) is 2.12. The SMILES string of the molecule is Cc1cc2ccccc2[cH-]1.[C-]1=CC=CC1.[Zr+2]=[C](c1ccccc1)c1ccccc1. The number of benzene rings is 3. The molecular weight excluding hydrogens is 428 g/mol. The Morgan fingerprint density at radius 1 is 0.828 bits per heavy atom. The van der Waals surface area contributed by atoms with Crippen LogP contribution in [0.1, 0.15) is 23.1 Å². The molecule has 4 aromatic carbocycles. The van der Waals surface area contributed by atoms with Crippen molar-refractivity contribution in [3.05, 3.63) is 138 Å². The first-order valence-corrected chi connectivity index (χ1v) is 11.0. The van der Waals surface area contributed by atoms with Crippen molar-refractivity contribution in [2.24, 2.45) is 0 Å². The van der Waals surface area contributed by atoms with Crippen molar-refractivity contribution in [1.82, 2.24) is 0 Å². The second kappa shape index (κ2) is 11.5. The molecule has 4 aromatic rings. The van der Waals surface area contributed by atoms with Crippen molar-refractivity contribution in [1.29, 1.82) is 0 Å². The molecule has 0 radical (unpaired) electrons. The van der Waals surface area contributed by atoms with Crippen molar-refractivity contribution in [2.75, 3.05) is 0 Å². The molecule has 0 fully saturated rings. The first kappa shape index (κ1) is 21.2. The van der Waals surface area contributed by atoms with Crippen LogP contribution in [-0.4, -0.2) is 3.21 Å². The average Bonchev–Trinajstić information content (AvgIpc) is 3.47. The summed E-state index contributed by atoms with van der Waals surface area (Å²) in [7, 11) is 0. The van der Waals surface area contributed by atoms with E-state index in [-0.39, 0.29) is 0 Å². The number of rotatable bonds is 2. The molecule has 0 spiro atoms. The fourth-order valence-corrected chi connectivity index (χ4v) is 3.84. The van der Waals surface area contributed by atoms with Crippen molar-refractivity contribution >= 4 is 14.0 Å². The summed E-state index contributed by atoms with van der Waals surface area (Å²) in [6, 6.07) is 33.9. The summed E-state index contributed by atoms with van der Waals surface area (Å²) in [5, 5.41) is 2.69. The number of hydrogen-bond donors (Lipinski definition) is 0. The van der Waals surface area contributed by atoms with E-state index >= 15 is 0 Å². The van der Waals surface area contributed by atoms with Gasteiger partial charge in [0.1, 0.15) is 0 Å². The molecule has 0 amide bonds. The molecular formula is C28H24Zr. The molecule has 5 rings (SSSR count). The third kappa shape index (κ3) is 6.80. The van der Waals surface area contributed by atoms with Gasteiger partial charge in [-0.3, -0.25) is 6.08 Å². The number of allylic oxidation sites excluding steroid dienone is 4. The molecule has 0 atom stereocenters. The van der Waals surface area contributed by atoms with Gasteiger partial charge < -0.3 is 0 Å². The Kier molecular flexibility index (Phi) is 8.41. The molecule has 0 heterocycles. The van der Waals surface area contributed by atoms with Crippen LogP contribution >= 0.6 is 0 Å². The van der Waals surface area contributed by atoms with E-state index in [1.54, 1.807) is 0 Å². The number of hydrogen-bond acceptors (Lipinski definition) is 0. The van der Waals surface area contributed by atoms with Crippen LogP contribution in [0.3, 0.4) is 0 Å². The van der Waals surface area contributed by atoms with Crippen LogP contribution in [0.25, 0.3) is 10.8 Å². The monoisotopic (exact) mass is 450 g/mol. The Balaban J connectivity index is 0.000000139. The van der Waals surface area contributed by atoms with Crippen molar-refractivity contribution in [3.63, 3.8) is 0 Å². The van der Waals surface area contributed by atoms with Crippen LogP contribution in [0, 0.1) is 13.0 Å². The van der Waals surface area contributed by atoms with Gasteiger partial charge >= 0.3 is 99.2 Å². The zero-order valence-corrected chi connectivity index (χ0v) is 19.1. The van der Waals surface area contributed by atoms with Crippen molar-refractivity contribution in [3.8, 4) is 0 Å². The number of fused-ring (bicyclic) bond motifs is 1. The van der Waals surface area contributed by atoms with Gasteiger partial charge in [-0.15, -0.1) is 47.0 Å². The van der Waals surface area contributed by atoms with E-state index in [4.69, 9.17) is 0 Å². The maximum absolute atomic E-state index is 2.99. The van der Waals surface area contributed by atoms with E-state index in [2.05, 4.69) is 116 Å². The van der Waals surface area contributed by atoms with Gasteiger partial charge in [0.2, 0.25) is 0 Å². The van der Waals surface area contributed by atoms with E-state index in [1.165, 1.54) is 54.9 Å². The molecule has 0 aliphatic heterocycles. The van der Waals surface area contributed by atoms with Crippen LogP contribution in [0.2, 0.25) is 0 Å². The summed E-state index contributed by atoms with van der Waals surface area (Å²) in [4.78, 5) is 0. The molecule has 140 valence electrons. The third-order valence-corrected chi connectivity index (χ3v) is 5.89. The Labute approximate surface area is 188 Å². The van der Waals surface area contributed by atoms with Crippen LogP contribution in [0.15, 0.2) is 115 Å². The summed E-state index contributed by atoms with van der Waals surface area (Å²) in [6.07, 6.45) is 10.0. The first-order chi connectivity index (χ1) is 14.2. The Bertz CT molecular complexity index is 998. The molecule has 0 bridgehead atoms. The van der Waals surface area contributed by atoms with Crippen LogP contribution < -0.4 is 0 Å². The quantitative estimate of drug-likeness (QED) is 0.289. The molecule has 1 heteroatoms. The minimum atomic E-state index is 1.01. The van der Waals surface area contributed by atoms with Gasteiger partial charge in [0.15, 0.2) is 0 Å². The van der Waals surface area contributed by atoms with Crippen LogP contribution in [0.4, 0.5) is 0 Å². The zero-order valence-electron chi connectivity index (χ0n) is 16.7. The predicted molar refractivity (Wildman–Crippen MR) is 122 cm³/mol. The van der Waals surface area contributed by atoms with E-state index in [0.29, 0.717) is 0 Å². The summed E-state index contributed by atoms with van der Waals surface area (Å²) in [5.74, 6) is 0. The molecule has 29 heavy (non-hydrogen) atoms. The van der Waals surface area contributed by atoms with Gasteiger partial charge in [-0.05, 0) is 0 Å². The second-order valence-electron chi connectivity index (χ2n) is 6.77. The van der Waals surface area contributed by atoms with Gasteiger partial charge in [-0.25, -0.2) is 12.2 Å². The molecule has 0 N–H and O–H groups in total. The van der Waals surface area contributed by atoms with E-state index in [1.807, 2.05) is 12.2 Å². The van der Waals surface area contributed by atoms with Crippen molar-refractivity contribution < 1.29 is 24.2 Å².